The maximum Gasteiger partial charge on any atom is 0.229 e. The molecular formula is C12H11FN6. The highest BCUT2D eigenvalue weighted by atomic mass is 19.1. The van der Waals surface area contributed by atoms with E-state index in [4.69, 9.17) is 5.73 Å². The molecule has 0 aliphatic heterocycles. The van der Waals surface area contributed by atoms with Crippen LogP contribution in [0.5, 0.6) is 0 Å². The molecule has 6 nitrogen and oxygen atoms in total. The van der Waals surface area contributed by atoms with Crippen molar-refractivity contribution in [2.24, 2.45) is 7.05 Å². The number of nitrogens with one attached hydrogen (secondary N) is 1. The number of fused-ring (bicyclic) bond motifs is 1. The summed E-state index contributed by atoms with van der Waals surface area (Å²) in [4.78, 5) is 7.64. The van der Waals surface area contributed by atoms with E-state index >= 15 is 0 Å². The summed E-state index contributed by atoms with van der Waals surface area (Å²) in [6.07, 6.45) is 2.82. The number of hydrogen-bond acceptors (Lipinski definition) is 5. The van der Waals surface area contributed by atoms with E-state index in [1.165, 1.54) is 0 Å². The first-order valence-corrected chi connectivity index (χ1v) is 5.60. The largest absolute Gasteiger partial charge is 0.381 e. The summed E-state index contributed by atoms with van der Waals surface area (Å²) >= 11 is 0. The number of aromatic nitrogens is 4. The monoisotopic (exact) mass is 258 g/mol. The van der Waals surface area contributed by atoms with E-state index in [0.717, 1.165) is 22.8 Å². The molecule has 0 radical (unpaired) electrons. The van der Waals surface area contributed by atoms with E-state index in [1.54, 1.807) is 10.9 Å². The minimum Gasteiger partial charge on any atom is -0.381 e. The van der Waals surface area contributed by atoms with Gasteiger partial charge >= 0.3 is 0 Å². The Morgan fingerprint density at radius 3 is 2.95 bits per heavy atom. The Balaban J connectivity index is 1.95. The number of nitrogens with two attached hydrogens (primary N) is 1. The van der Waals surface area contributed by atoms with Gasteiger partial charge < -0.3 is 11.1 Å². The lowest BCUT2D eigenvalue weighted by atomic mass is 10.2. The Hall–Kier alpha value is -2.70. The third-order valence-corrected chi connectivity index (χ3v) is 2.78. The smallest absolute Gasteiger partial charge is 0.229 e. The van der Waals surface area contributed by atoms with Crippen molar-refractivity contribution in [3.63, 3.8) is 0 Å². The molecule has 0 saturated heterocycles. The van der Waals surface area contributed by atoms with Crippen molar-refractivity contribution < 1.29 is 4.39 Å². The predicted octanol–water partition coefficient (Wildman–Crippen LogP) is 1.83. The Labute approximate surface area is 108 Å². The number of rotatable bonds is 2. The molecule has 96 valence electrons. The van der Waals surface area contributed by atoms with E-state index in [9.17, 15) is 4.39 Å². The molecule has 0 amide bonds. The molecule has 0 fully saturated rings. The normalized spacial score (nSPS) is 10.8. The summed E-state index contributed by atoms with van der Waals surface area (Å²) < 4.78 is 14.7. The molecular weight excluding hydrogens is 247 g/mol. The second-order valence-corrected chi connectivity index (χ2v) is 4.09. The Morgan fingerprint density at radius 2 is 2.16 bits per heavy atom. The lowest BCUT2D eigenvalue weighted by Crippen LogP contribution is -2.02. The Bertz CT molecular complexity index is 751. The van der Waals surface area contributed by atoms with E-state index in [-0.39, 0.29) is 11.8 Å². The highest BCUT2D eigenvalue weighted by Gasteiger charge is 2.05. The first kappa shape index (κ1) is 11.4. The fourth-order valence-corrected chi connectivity index (χ4v) is 1.79. The highest BCUT2D eigenvalue weighted by Crippen LogP contribution is 2.20. The van der Waals surface area contributed by atoms with Gasteiger partial charge in [0.1, 0.15) is 0 Å². The predicted molar refractivity (Wildman–Crippen MR) is 70.4 cm³/mol. The standard InChI is InChI=1S/C12H11FN6/c1-19-10-4-8(3-2-7(10)5-16-19)17-12-15-6-9(13)11(14)18-12/h2-6H,1H3,(H3,14,15,17,18). The van der Waals surface area contributed by atoms with Crippen LogP contribution in [0.25, 0.3) is 10.9 Å². The molecule has 0 saturated carbocycles. The molecule has 2 heterocycles. The van der Waals surface area contributed by atoms with Crippen LogP contribution in [0.15, 0.2) is 30.6 Å². The van der Waals surface area contributed by atoms with Gasteiger partial charge in [-0.05, 0) is 18.2 Å². The third-order valence-electron chi connectivity index (χ3n) is 2.78. The molecule has 3 aromatic rings. The zero-order valence-electron chi connectivity index (χ0n) is 10.1. The SMILES string of the molecule is Cn1ncc2ccc(Nc3ncc(F)c(N)n3)cc21. The summed E-state index contributed by atoms with van der Waals surface area (Å²) in [5.74, 6) is -0.563. The van der Waals surface area contributed by atoms with Crippen LogP contribution in [0.4, 0.5) is 21.8 Å². The zero-order chi connectivity index (χ0) is 13.4. The molecule has 19 heavy (non-hydrogen) atoms. The number of aryl methyl sites for hydroxylation is 1. The van der Waals surface area contributed by atoms with E-state index < -0.39 is 5.82 Å². The minimum atomic E-state index is -0.632. The molecule has 7 heteroatoms. The van der Waals surface area contributed by atoms with Gasteiger partial charge in [0.25, 0.3) is 0 Å². The van der Waals surface area contributed by atoms with Gasteiger partial charge in [-0.2, -0.15) is 10.1 Å². The molecule has 2 aromatic heterocycles. The molecule has 0 unspecified atom stereocenters. The minimum absolute atomic E-state index is 0.181. The first-order valence-electron chi connectivity index (χ1n) is 5.60. The van der Waals surface area contributed by atoms with Crippen LogP contribution in [0.2, 0.25) is 0 Å². The van der Waals surface area contributed by atoms with Crippen molar-refractivity contribution in [3.8, 4) is 0 Å². The highest BCUT2D eigenvalue weighted by molar-refractivity contribution is 5.82. The van der Waals surface area contributed by atoms with Crippen LogP contribution in [-0.4, -0.2) is 19.7 Å². The molecule has 0 atom stereocenters. The summed E-state index contributed by atoms with van der Waals surface area (Å²) in [7, 11) is 1.86. The summed E-state index contributed by atoms with van der Waals surface area (Å²) in [6, 6.07) is 5.70. The van der Waals surface area contributed by atoms with E-state index in [0.29, 0.717) is 0 Å². The van der Waals surface area contributed by atoms with Crippen molar-refractivity contribution in [3.05, 3.63) is 36.4 Å². The van der Waals surface area contributed by atoms with Crippen LogP contribution in [0.1, 0.15) is 0 Å². The third kappa shape index (κ3) is 2.05. The van der Waals surface area contributed by atoms with Gasteiger partial charge in [0.2, 0.25) is 5.95 Å². The van der Waals surface area contributed by atoms with Crippen molar-refractivity contribution in [1.29, 1.82) is 0 Å². The number of hydrogen-bond donors (Lipinski definition) is 2. The van der Waals surface area contributed by atoms with Crippen molar-refractivity contribution in [1.82, 2.24) is 19.7 Å². The Kier molecular flexibility index (Phi) is 2.52. The van der Waals surface area contributed by atoms with Crippen LogP contribution < -0.4 is 11.1 Å². The van der Waals surface area contributed by atoms with Crippen molar-refractivity contribution >= 4 is 28.4 Å². The number of benzene rings is 1. The summed E-state index contributed by atoms with van der Waals surface area (Å²) in [6.45, 7) is 0. The van der Waals surface area contributed by atoms with Crippen LogP contribution in [0.3, 0.4) is 0 Å². The van der Waals surface area contributed by atoms with Gasteiger partial charge in [-0.15, -0.1) is 0 Å². The Morgan fingerprint density at radius 1 is 1.32 bits per heavy atom. The van der Waals surface area contributed by atoms with Gasteiger partial charge in [-0.1, -0.05) is 0 Å². The average Bonchev–Trinajstić information content (AvgIpc) is 2.76. The van der Waals surface area contributed by atoms with E-state index in [2.05, 4.69) is 20.4 Å². The molecule has 0 aliphatic rings. The molecule has 3 N–H and O–H groups in total. The van der Waals surface area contributed by atoms with Crippen LogP contribution >= 0.6 is 0 Å². The van der Waals surface area contributed by atoms with Gasteiger partial charge in [0.05, 0.1) is 17.9 Å². The number of nitrogens with zero attached hydrogens (tertiary/aromatic N) is 4. The second kappa shape index (κ2) is 4.20. The average molecular weight is 258 g/mol. The number of halogens is 1. The molecule has 3 rings (SSSR count). The molecule has 0 spiro atoms. The summed E-state index contributed by atoms with van der Waals surface area (Å²) in [5, 5.41) is 8.16. The maximum absolute atomic E-state index is 13.0. The van der Waals surface area contributed by atoms with Gasteiger partial charge in [0, 0.05) is 18.1 Å². The quantitative estimate of drug-likeness (QED) is 0.732. The number of nitrogen functional groups attached to an aromatic ring is 1. The number of anilines is 3. The zero-order valence-corrected chi connectivity index (χ0v) is 10.1. The fourth-order valence-electron chi connectivity index (χ4n) is 1.79. The van der Waals surface area contributed by atoms with Crippen LogP contribution in [0, 0.1) is 5.82 Å². The first-order chi connectivity index (χ1) is 9.13. The lowest BCUT2D eigenvalue weighted by molar-refractivity contribution is 0.620. The maximum atomic E-state index is 13.0. The van der Waals surface area contributed by atoms with Crippen LogP contribution in [-0.2, 0) is 7.05 Å². The molecule has 0 aliphatic carbocycles. The fraction of sp³-hybridized carbons (Fsp3) is 0.0833. The van der Waals surface area contributed by atoms with Gasteiger partial charge in [0.15, 0.2) is 11.6 Å². The molecule has 1 aromatic carbocycles. The van der Waals surface area contributed by atoms with Crippen molar-refractivity contribution in [2.45, 2.75) is 0 Å². The van der Waals surface area contributed by atoms with Crippen molar-refractivity contribution in [2.75, 3.05) is 11.1 Å². The second-order valence-electron chi connectivity index (χ2n) is 4.09. The summed E-state index contributed by atoms with van der Waals surface area (Å²) in [5.41, 5.74) is 7.14. The van der Waals surface area contributed by atoms with Gasteiger partial charge in [-0.3, -0.25) is 4.68 Å². The topological polar surface area (TPSA) is 81.7 Å². The molecule has 0 bridgehead atoms. The van der Waals surface area contributed by atoms with E-state index in [1.807, 2.05) is 25.2 Å². The van der Waals surface area contributed by atoms with Gasteiger partial charge in [-0.25, -0.2) is 9.37 Å². The lowest BCUT2D eigenvalue weighted by Gasteiger charge is -2.06.